The van der Waals surface area contributed by atoms with Crippen LogP contribution in [0, 0.1) is 0 Å². The van der Waals surface area contributed by atoms with Gasteiger partial charge in [0.15, 0.2) is 6.29 Å². The summed E-state index contributed by atoms with van der Waals surface area (Å²) >= 11 is 0. The molecule has 0 bridgehead atoms. The fourth-order valence-corrected chi connectivity index (χ4v) is 4.32. The minimum absolute atomic E-state index is 0.231. The molecule has 6 atom stereocenters. The third-order valence-electron chi connectivity index (χ3n) is 5.58. The van der Waals surface area contributed by atoms with Crippen LogP contribution < -0.4 is 0 Å². The number of hydrogen-bond donors (Lipinski definition) is 4. The predicted octanol–water partition coefficient (Wildman–Crippen LogP) is 0.898. The highest BCUT2D eigenvalue weighted by molar-refractivity contribution is 5.69. The Morgan fingerprint density at radius 1 is 1.00 bits per heavy atom. The summed E-state index contributed by atoms with van der Waals surface area (Å²) < 4.78 is 0. The molecule has 2 aliphatic carbocycles. The van der Waals surface area contributed by atoms with Crippen LogP contribution in [-0.2, 0) is 9.63 Å². The molecule has 2 aliphatic rings. The summed E-state index contributed by atoms with van der Waals surface area (Å²) in [6, 6.07) is -0.596. The van der Waals surface area contributed by atoms with E-state index >= 15 is 0 Å². The second kappa shape index (κ2) is 9.96. The van der Waals surface area contributed by atoms with E-state index in [0.717, 1.165) is 25.7 Å². The number of aliphatic carboxylic acids is 1. The molecule has 0 radical (unpaired) electrons. The molecule has 2 rings (SSSR count). The molecule has 0 aromatic rings. The van der Waals surface area contributed by atoms with Gasteiger partial charge in [0.1, 0.15) is 0 Å². The van der Waals surface area contributed by atoms with Crippen LogP contribution in [0.4, 0.5) is 0 Å². The van der Waals surface area contributed by atoms with E-state index in [4.69, 9.17) is 4.84 Å². The summed E-state index contributed by atoms with van der Waals surface area (Å²) in [4.78, 5) is 18.8. The van der Waals surface area contributed by atoms with Crippen LogP contribution in [-0.4, -0.2) is 79.7 Å². The minimum Gasteiger partial charge on any atom is -0.480 e. The second-order valence-electron chi connectivity index (χ2n) is 7.60. The first-order chi connectivity index (χ1) is 12.3. The number of aliphatic hydroxyl groups excluding tert-OH is 3. The number of hydrogen-bond acceptors (Lipinski definition) is 7. The molecule has 0 aromatic heterocycles. The van der Waals surface area contributed by atoms with Crippen molar-refractivity contribution in [2.24, 2.45) is 0 Å². The van der Waals surface area contributed by atoms with E-state index in [1.54, 1.807) is 9.96 Å². The Morgan fingerprint density at radius 3 is 1.96 bits per heavy atom. The third-order valence-corrected chi connectivity index (χ3v) is 5.58. The van der Waals surface area contributed by atoms with E-state index in [9.17, 15) is 25.2 Å². The van der Waals surface area contributed by atoms with Crippen molar-refractivity contribution >= 4 is 5.97 Å². The summed E-state index contributed by atoms with van der Waals surface area (Å²) in [6.07, 6.45) is 3.73. The average Bonchev–Trinajstić information content (AvgIpc) is 2.58. The van der Waals surface area contributed by atoms with Gasteiger partial charge in [-0.15, -0.1) is 0 Å². The van der Waals surface area contributed by atoms with E-state index in [1.807, 2.05) is 6.92 Å². The zero-order valence-corrected chi connectivity index (χ0v) is 15.8. The molecule has 0 aromatic carbocycles. The Morgan fingerprint density at radius 2 is 1.50 bits per heavy atom. The van der Waals surface area contributed by atoms with Crippen LogP contribution in [0.15, 0.2) is 0 Å². The number of carbonyl (C=O) groups is 1. The number of hydroxylamine groups is 2. The molecule has 152 valence electrons. The summed E-state index contributed by atoms with van der Waals surface area (Å²) in [5.74, 6) is -0.976. The number of aliphatic hydroxyl groups is 3. The number of rotatable bonds is 8. The fraction of sp³-hybridized carbons (Fsp3) is 0.944. The molecule has 8 nitrogen and oxygen atoms in total. The molecule has 2 fully saturated rings. The molecular formula is C18H34N2O6. The van der Waals surface area contributed by atoms with Gasteiger partial charge in [0.2, 0.25) is 0 Å². The third kappa shape index (κ3) is 5.61. The van der Waals surface area contributed by atoms with Crippen molar-refractivity contribution in [3.63, 3.8) is 0 Å². The second-order valence-corrected chi connectivity index (χ2v) is 7.60. The summed E-state index contributed by atoms with van der Waals surface area (Å²) in [6.45, 7) is 3.07. The quantitative estimate of drug-likeness (QED) is 0.366. The monoisotopic (exact) mass is 374 g/mol. The van der Waals surface area contributed by atoms with Gasteiger partial charge in [0.05, 0.1) is 31.0 Å². The largest absolute Gasteiger partial charge is 0.480 e. The van der Waals surface area contributed by atoms with Crippen LogP contribution in [0.5, 0.6) is 0 Å². The SMILES string of the molecule is CC(O)ON(C1CCCCC1O)C(C)N(CC(=O)O)C1CCCCC1O. The zero-order chi connectivity index (χ0) is 19.3. The highest BCUT2D eigenvalue weighted by atomic mass is 16.8. The van der Waals surface area contributed by atoms with E-state index in [-0.39, 0.29) is 18.6 Å². The molecule has 0 heterocycles. The number of carboxylic acid groups (broad SMARTS) is 1. The fourth-order valence-electron chi connectivity index (χ4n) is 4.32. The summed E-state index contributed by atoms with van der Waals surface area (Å²) in [7, 11) is 0. The van der Waals surface area contributed by atoms with Gasteiger partial charge < -0.3 is 20.4 Å². The van der Waals surface area contributed by atoms with Gasteiger partial charge in [0, 0.05) is 6.04 Å². The van der Waals surface area contributed by atoms with Gasteiger partial charge >= 0.3 is 5.97 Å². The molecule has 0 amide bonds. The Balaban J connectivity index is 2.24. The average molecular weight is 374 g/mol. The van der Waals surface area contributed by atoms with Crippen molar-refractivity contribution in [3.05, 3.63) is 0 Å². The van der Waals surface area contributed by atoms with E-state index in [2.05, 4.69) is 0 Å². The summed E-state index contributed by atoms with van der Waals surface area (Å²) in [5, 5.41) is 41.6. The maximum atomic E-state index is 11.5. The number of carboxylic acids is 1. The maximum absolute atomic E-state index is 11.5. The van der Waals surface area contributed by atoms with Crippen LogP contribution in [0.1, 0.15) is 65.2 Å². The molecule has 8 heteroatoms. The van der Waals surface area contributed by atoms with E-state index < -0.39 is 30.6 Å². The van der Waals surface area contributed by atoms with Gasteiger partial charge in [-0.25, -0.2) is 0 Å². The molecular weight excluding hydrogens is 340 g/mol. The first kappa shape index (κ1) is 21.5. The normalized spacial score (nSPS) is 32.6. The Labute approximate surface area is 155 Å². The van der Waals surface area contributed by atoms with Crippen LogP contribution in [0.2, 0.25) is 0 Å². The van der Waals surface area contributed by atoms with Crippen molar-refractivity contribution in [1.82, 2.24) is 9.96 Å². The minimum atomic E-state index is -1.07. The zero-order valence-electron chi connectivity index (χ0n) is 15.8. The van der Waals surface area contributed by atoms with Gasteiger partial charge in [-0.05, 0) is 39.5 Å². The standard InChI is InChI=1S/C18H34N2O6/c1-12(19(11-18(24)25)14-7-3-5-9-16(14)22)20(26-13(2)21)15-8-4-6-10-17(15)23/h12-17,21-23H,3-11H2,1-2H3,(H,24,25). The highest BCUT2D eigenvalue weighted by Gasteiger charge is 2.40. The topological polar surface area (TPSA) is 114 Å². The van der Waals surface area contributed by atoms with Crippen molar-refractivity contribution in [1.29, 1.82) is 0 Å². The molecule has 0 spiro atoms. The predicted molar refractivity (Wildman–Crippen MR) is 94.9 cm³/mol. The van der Waals surface area contributed by atoms with Crippen molar-refractivity contribution in [3.8, 4) is 0 Å². The first-order valence-corrected chi connectivity index (χ1v) is 9.78. The van der Waals surface area contributed by atoms with E-state index in [1.165, 1.54) is 6.92 Å². The van der Waals surface area contributed by atoms with Crippen molar-refractivity contribution in [2.45, 2.75) is 102 Å². The van der Waals surface area contributed by atoms with Gasteiger partial charge in [-0.1, -0.05) is 25.7 Å². The van der Waals surface area contributed by atoms with Crippen LogP contribution >= 0.6 is 0 Å². The van der Waals surface area contributed by atoms with Crippen molar-refractivity contribution < 1.29 is 30.1 Å². The van der Waals surface area contributed by atoms with E-state index in [0.29, 0.717) is 25.7 Å². The Bertz CT molecular complexity index is 449. The molecule has 0 aliphatic heterocycles. The molecule has 2 saturated carbocycles. The van der Waals surface area contributed by atoms with Gasteiger partial charge in [-0.3, -0.25) is 14.5 Å². The lowest BCUT2D eigenvalue weighted by Crippen LogP contribution is -2.61. The van der Waals surface area contributed by atoms with Gasteiger partial charge in [0.25, 0.3) is 0 Å². The Kier molecular flexibility index (Phi) is 8.25. The van der Waals surface area contributed by atoms with Crippen LogP contribution in [0.25, 0.3) is 0 Å². The lowest BCUT2D eigenvalue weighted by molar-refractivity contribution is -0.323. The highest BCUT2D eigenvalue weighted by Crippen LogP contribution is 2.30. The van der Waals surface area contributed by atoms with Crippen LogP contribution in [0.3, 0.4) is 0 Å². The smallest absolute Gasteiger partial charge is 0.317 e. The first-order valence-electron chi connectivity index (χ1n) is 9.78. The number of nitrogens with zero attached hydrogens (tertiary/aromatic N) is 2. The molecule has 26 heavy (non-hydrogen) atoms. The summed E-state index contributed by atoms with van der Waals surface area (Å²) in [5.41, 5.74) is 0. The lowest BCUT2D eigenvalue weighted by Gasteiger charge is -2.47. The molecule has 6 unspecified atom stereocenters. The molecule has 4 N–H and O–H groups in total. The maximum Gasteiger partial charge on any atom is 0.317 e. The Hall–Kier alpha value is -0.770. The lowest BCUT2D eigenvalue weighted by atomic mass is 9.90. The molecule has 0 saturated heterocycles. The van der Waals surface area contributed by atoms with Crippen molar-refractivity contribution in [2.75, 3.05) is 6.54 Å². The van der Waals surface area contributed by atoms with Gasteiger partial charge in [-0.2, -0.15) is 5.06 Å².